The normalized spacial score (nSPS) is 16.5. The van der Waals surface area contributed by atoms with Gasteiger partial charge in [0.05, 0.1) is 7.11 Å². The van der Waals surface area contributed by atoms with Crippen molar-refractivity contribution in [2.75, 3.05) is 7.11 Å². The highest BCUT2D eigenvalue weighted by molar-refractivity contribution is 5.88. The quantitative estimate of drug-likeness (QED) is 0.283. The van der Waals surface area contributed by atoms with Crippen molar-refractivity contribution in [3.63, 3.8) is 0 Å². The summed E-state index contributed by atoms with van der Waals surface area (Å²) in [6.07, 6.45) is 3.54. The fraction of sp³-hybridized carbons (Fsp3) is 0.625. The first-order valence-corrected chi connectivity index (χ1v) is 3.42. The second-order valence-electron chi connectivity index (χ2n) is 2.39. The molecule has 0 radical (unpaired) electrons. The van der Waals surface area contributed by atoms with Crippen LogP contribution in [-0.4, -0.2) is 13.1 Å². The predicted molar refractivity (Wildman–Crippen MR) is 37.1 cm³/mol. The van der Waals surface area contributed by atoms with Crippen molar-refractivity contribution < 1.29 is 9.53 Å². The van der Waals surface area contributed by atoms with Gasteiger partial charge in [-0.05, 0) is 12.8 Å². The second kappa shape index (κ2) is 3.26. The standard InChI is InChI=1S/C8H10O2/c1-10-8(9)6-5-7-3-2-4-7/h7H,2-4H2,1H3. The first kappa shape index (κ1) is 7.14. The Morgan fingerprint density at radius 1 is 1.60 bits per heavy atom. The van der Waals surface area contributed by atoms with Gasteiger partial charge >= 0.3 is 5.97 Å². The molecule has 0 bridgehead atoms. The van der Waals surface area contributed by atoms with Crippen molar-refractivity contribution in [3.05, 3.63) is 0 Å². The van der Waals surface area contributed by atoms with Crippen molar-refractivity contribution >= 4 is 5.97 Å². The summed E-state index contributed by atoms with van der Waals surface area (Å²) in [7, 11) is 1.35. The Morgan fingerprint density at radius 3 is 2.70 bits per heavy atom. The van der Waals surface area contributed by atoms with Gasteiger partial charge in [0.25, 0.3) is 0 Å². The highest BCUT2D eigenvalue weighted by atomic mass is 16.5. The van der Waals surface area contributed by atoms with Crippen LogP contribution in [0, 0.1) is 17.8 Å². The molecule has 10 heavy (non-hydrogen) atoms. The van der Waals surface area contributed by atoms with Crippen molar-refractivity contribution in [1.29, 1.82) is 0 Å². The van der Waals surface area contributed by atoms with Crippen LogP contribution in [0.3, 0.4) is 0 Å². The Bertz CT molecular complexity index is 181. The zero-order valence-electron chi connectivity index (χ0n) is 6.02. The van der Waals surface area contributed by atoms with Crippen LogP contribution in [0.5, 0.6) is 0 Å². The van der Waals surface area contributed by atoms with Crippen LogP contribution in [0.1, 0.15) is 19.3 Å². The molecule has 0 aromatic rings. The van der Waals surface area contributed by atoms with Gasteiger partial charge in [0.1, 0.15) is 0 Å². The minimum Gasteiger partial charge on any atom is -0.459 e. The summed E-state index contributed by atoms with van der Waals surface area (Å²) < 4.78 is 4.36. The monoisotopic (exact) mass is 138 g/mol. The highest BCUT2D eigenvalue weighted by Crippen LogP contribution is 2.24. The number of methoxy groups -OCH3 is 1. The molecule has 1 aliphatic rings. The van der Waals surface area contributed by atoms with Crippen LogP contribution in [-0.2, 0) is 9.53 Å². The van der Waals surface area contributed by atoms with E-state index >= 15 is 0 Å². The van der Waals surface area contributed by atoms with Gasteiger partial charge in [-0.25, -0.2) is 4.79 Å². The van der Waals surface area contributed by atoms with Gasteiger partial charge in [-0.2, -0.15) is 0 Å². The van der Waals surface area contributed by atoms with Crippen molar-refractivity contribution in [2.45, 2.75) is 19.3 Å². The fourth-order valence-electron chi connectivity index (χ4n) is 0.765. The number of rotatable bonds is 0. The van der Waals surface area contributed by atoms with E-state index in [1.54, 1.807) is 0 Å². The van der Waals surface area contributed by atoms with Gasteiger partial charge in [0.2, 0.25) is 0 Å². The summed E-state index contributed by atoms with van der Waals surface area (Å²) in [5.74, 6) is 5.30. The van der Waals surface area contributed by atoms with Gasteiger partial charge < -0.3 is 4.74 Å². The molecule has 0 amide bonds. The zero-order valence-corrected chi connectivity index (χ0v) is 6.02. The number of ether oxygens (including phenoxy) is 1. The summed E-state index contributed by atoms with van der Waals surface area (Å²) in [5, 5.41) is 0. The average molecular weight is 138 g/mol. The van der Waals surface area contributed by atoms with Gasteiger partial charge in [0, 0.05) is 11.8 Å². The minimum atomic E-state index is -0.424. The number of esters is 1. The topological polar surface area (TPSA) is 26.3 Å². The minimum absolute atomic E-state index is 0.424. The van der Waals surface area contributed by atoms with E-state index in [0.29, 0.717) is 5.92 Å². The van der Waals surface area contributed by atoms with E-state index in [0.717, 1.165) is 12.8 Å². The predicted octanol–water partition coefficient (Wildman–Crippen LogP) is 0.963. The molecular weight excluding hydrogens is 128 g/mol. The van der Waals surface area contributed by atoms with Crippen LogP contribution in [0.15, 0.2) is 0 Å². The van der Waals surface area contributed by atoms with Gasteiger partial charge in [0.15, 0.2) is 0 Å². The third-order valence-corrected chi connectivity index (χ3v) is 1.67. The lowest BCUT2D eigenvalue weighted by Gasteiger charge is -2.18. The third-order valence-electron chi connectivity index (χ3n) is 1.67. The summed E-state index contributed by atoms with van der Waals surface area (Å²) in [4.78, 5) is 10.5. The van der Waals surface area contributed by atoms with E-state index in [9.17, 15) is 4.79 Å². The fourth-order valence-corrected chi connectivity index (χ4v) is 0.765. The zero-order chi connectivity index (χ0) is 7.40. The maximum atomic E-state index is 10.5. The first-order valence-electron chi connectivity index (χ1n) is 3.42. The lowest BCUT2D eigenvalue weighted by atomic mass is 9.86. The second-order valence-corrected chi connectivity index (χ2v) is 2.39. The lowest BCUT2D eigenvalue weighted by Crippen LogP contribution is -2.08. The maximum Gasteiger partial charge on any atom is 0.384 e. The molecule has 2 heteroatoms. The molecule has 0 spiro atoms. The Hall–Kier alpha value is -0.970. The van der Waals surface area contributed by atoms with Crippen molar-refractivity contribution in [2.24, 2.45) is 5.92 Å². The van der Waals surface area contributed by atoms with Crippen molar-refractivity contribution in [1.82, 2.24) is 0 Å². The molecule has 1 fully saturated rings. The molecular formula is C8H10O2. The number of hydrogen-bond acceptors (Lipinski definition) is 2. The smallest absolute Gasteiger partial charge is 0.384 e. The van der Waals surface area contributed by atoms with E-state index in [1.807, 2.05) is 0 Å². The molecule has 0 aromatic heterocycles. The van der Waals surface area contributed by atoms with Gasteiger partial charge in [-0.3, -0.25) is 0 Å². The van der Waals surface area contributed by atoms with Crippen LogP contribution in [0.25, 0.3) is 0 Å². The van der Waals surface area contributed by atoms with E-state index in [2.05, 4.69) is 16.6 Å². The summed E-state index contributed by atoms with van der Waals surface area (Å²) >= 11 is 0. The molecule has 2 nitrogen and oxygen atoms in total. The average Bonchev–Trinajstić information content (AvgIpc) is 1.84. The molecule has 0 N–H and O–H groups in total. The summed E-state index contributed by atoms with van der Waals surface area (Å²) in [6, 6.07) is 0. The Balaban J connectivity index is 2.29. The molecule has 54 valence electrons. The van der Waals surface area contributed by atoms with Crippen molar-refractivity contribution in [3.8, 4) is 11.8 Å². The Kier molecular flexibility index (Phi) is 2.33. The molecule has 0 unspecified atom stereocenters. The van der Waals surface area contributed by atoms with E-state index in [1.165, 1.54) is 13.5 Å². The molecule has 0 atom stereocenters. The summed E-state index contributed by atoms with van der Waals surface area (Å²) in [5.41, 5.74) is 0. The number of carbonyl (C=O) groups excluding carboxylic acids is 1. The van der Waals surface area contributed by atoms with E-state index < -0.39 is 5.97 Å². The highest BCUT2D eigenvalue weighted by Gasteiger charge is 2.14. The lowest BCUT2D eigenvalue weighted by molar-refractivity contribution is -0.133. The first-order chi connectivity index (χ1) is 4.83. The number of carbonyl (C=O) groups is 1. The van der Waals surface area contributed by atoms with Crippen LogP contribution >= 0.6 is 0 Å². The van der Waals surface area contributed by atoms with Crippen LogP contribution < -0.4 is 0 Å². The Labute approximate surface area is 60.6 Å². The molecule has 0 saturated heterocycles. The Morgan fingerprint density at radius 2 is 2.30 bits per heavy atom. The largest absolute Gasteiger partial charge is 0.459 e. The van der Waals surface area contributed by atoms with Crippen LogP contribution in [0.2, 0.25) is 0 Å². The SMILES string of the molecule is COC(=O)C#CC1CCC1. The molecule has 0 aromatic carbocycles. The van der Waals surface area contributed by atoms with E-state index in [-0.39, 0.29) is 0 Å². The van der Waals surface area contributed by atoms with Crippen LogP contribution in [0.4, 0.5) is 0 Å². The van der Waals surface area contributed by atoms with E-state index in [4.69, 9.17) is 0 Å². The molecule has 1 rings (SSSR count). The van der Waals surface area contributed by atoms with Gasteiger partial charge in [-0.1, -0.05) is 12.3 Å². The number of hydrogen-bond donors (Lipinski definition) is 0. The molecule has 0 aliphatic heterocycles. The molecule has 0 heterocycles. The maximum absolute atomic E-state index is 10.5. The molecule has 1 aliphatic carbocycles. The summed E-state index contributed by atoms with van der Waals surface area (Å²) in [6.45, 7) is 0. The van der Waals surface area contributed by atoms with Gasteiger partial charge in [-0.15, -0.1) is 0 Å². The third kappa shape index (κ3) is 1.77. The molecule has 1 saturated carbocycles.